The Kier molecular flexibility index (Phi) is 34.4. The normalized spacial score (nSPS) is 13.2. The minimum atomic E-state index is -1.03. The van der Waals surface area contributed by atoms with Gasteiger partial charge < -0.3 is 19.7 Å². The third-order valence-corrected chi connectivity index (χ3v) is 8.23. The second kappa shape index (κ2) is 35.9. The summed E-state index contributed by atoms with van der Waals surface area (Å²) in [6.07, 6.45) is 39.4. The second-order valence-corrected chi connectivity index (χ2v) is 12.9. The molecular weight excluding hydrogens is 576 g/mol. The minimum absolute atomic E-state index is 0.162. The molecule has 268 valence electrons. The molecule has 0 fully saturated rings. The van der Waals surface area contributed by atoms with Crippen molar-refractivity contribution in [2.75, 3.05) is 13.2 Å². The zero-order chi connectivity index (χ0) is 33.8. The number of ether oxygens (including phenoxy) is 2. The summed E-state index contributed by atoms with van der Waals surface area (Å²) in [5, 5.41) is 20.1. The van der Waals surface area contributed by atoms with E-state index in [1.165, 1.54) is 109 Å². The number of esters is 2. The molecule has 6 nitrogen and oxygen atoms in total. The highest BCUT2D eigenvalue weighted by molar-refractivity contribution is 5.69. The van der Waals surface area contributed by atoms with Crippen LogP contribution in [0.15, 0.2) is 36.5 Å². The van der Waals surface area contributed by atoms with Gasteiger partial charge in [0.1, 0.15) is 19.3 Å². The first-order chi connectivity index (χ1) is 22.5. The molecule has 0 heterocycles. The quantitative estimate of drug-likeness (QED) is 0.0312. The van der Waals surface area contributed by atoms with Crippen LogP contribution in [0, 0.1) is 0 Å². The van der Waals surface area contributed by atoms with Gasteiger partial charge in [0, 0.05) is 12.8 Å². The largest absolute Gasteiger partial charge is 0.463 e. The van der Waals surface area contributed by atoms with Gasteiger partial charge in [-0.1, -0.05) is 166 Å². The molecule has 6 heteroatoms. The summed E-state index contributed by atoms with van der Waals surface area (Å²) in [6, 6.07) is 0. The number of hydrogen-bond donors (Lipinski definition) is 2. The summed E-state index contributed by atoms with van der Waals surface area (Å²) in [6.45, 7) is 4.13. The molecule has 0 rings (SSSR count). The maximum atomic E-state index is 12.0. The van der Waals surface area contributed by atoms with Gasteiger partial charge in [0.05, 0.1) is 6.10 Å². The molecular formula is C40H72O6. The van der Waals surface area contributed by atoms with E-state index < -0.39 is 18.2 Å². The van der Waals surface area contributed by atoms with Gasteiger partial charge in [-0.2, -0.15) is 0 Å². The topological polar surface area (TPSA) is 93.1 Å². The molecule has 0 bridgehead atoms. The standard InChI is InChI=1S/C40H72O6/c1-3-5-7-9-11-13-15-17-19-21-23-25-27-29-33-39(43)45-35-38(42)36-46-40(44)34-30-32-37(41)31-28-26-24-22-20-18-16-14-12-10-8-6-4-2/h18,20,24,26,28,31,37-38,41-42H,3-17,19,21-23,25,27,29-30,32-36H2,1-2H3/b20-18+,26-24+,31-28+/t37?,38-/m0/s1. The monoisotopic (exact) mass is 649 g/mol. The van der Waals surface area contributed by atoms with Crippen molar-refractivity contribution >= 4 is 11.9 Å². The molecule has 0 radical (unpaired) electrons. The van der Waals surface area contributed by atoms with Crippen molar-refractivity contribution in [2.45, 2.75) is 193 Å². The highest BCUT2D eigenvalue weighted by atomic mass is 16.6. The van der Waals surface area contributed by atoms with E-state index in [1.807, 2.05) is 12.2 Å². The molecule has 0 saturated carbocycles. The maximum Gasteiger partial charge on any atom is 0.305 e. The van der Waals surface area contributed by atoms with Crippen molar-refractivity contribution in [1.29, 1.82) is 0 Å². The Labute approximate surface area is 283 Å². The van der Waals surface area contributed by atoms with Crippen molar-refractivity contribution < 1.29 is 29.3 Å². The Morgan fingerprint density at radius 3 is 1.52 bits per heavy atom. The highest BCUT2D eigenvalue weighted by Crippen LogP contribution is 2.14. The van der Waals surface area contributed by atoms with E-state index in [9.17, 15) is 19.8 Å². The Morgan fingerprint density at radius 1 is 0.543 bits per heavy atom. The zero-order valence-corrected chi connectivity index (χ0v) is 29.9. The van der Waals surface area contributed by atoms with Crippen molar-refractivity contribution in [2.24, 2.45) is 0 Å². The molecule has 0 amide bonds. The van der Waals surface area contributed by atoms with Crippen LogP contribution in [0.4, 0.5) is 0 Å². The van der Waals surface area contributed by atoms with Crippen LogP contribution in [0.25, 0.3) is 0 Å². The molecule has 0 saturated heterocycles. The maximum absolute atomic E-state index is 12.0. The fraction of sp³-hybridized carbons (Fsp3) is 0.800. The van der Waals surface area contributed by atoms with Crippen LogP contribution in [0.5, 0.6) is 0 Å². The summed E-state index contributed by atoms with van der Waals surface area (Å²) < 4.78 is 10.2. The second-order valence-electron chi connectivity index (χ2n) is 12.9. The Hall–Kier alpha value is -1.92. The lowest BCUT2D eigenvalue weighted by molar-refractivity contribution is -0.152. The lowest BCUT2D eigenvalue weighted by Crippen LogP contribution is -2.25. The summed E-state index contributed by atoms with van der Waals surface area (Å²) in [5.41, 5.74) is 0. The van der Waals surface area contributed by atoms with E-state index in [4.69, 9.17) is 9.47 Å². The first-order valence-electron chi connectivity index (χ1n) is 19.1. The fourth-order valence-corrected chi connectivity index (χ4v) is 5.27. The number of aliphatic hydroxyl groups is 2. The van der Waals surface area contributed by atoms with Crippen LogP contribution >= 0.6 is 0 Å². The molecule has 0 spiro atoms. The van der Waals surface area contributed by atoms with Crippen LogP contribution in [-0.2, 0) is 19.1 Å². The van der Waals surface area contributed by atoms with Crippen LogP contribution in [-0.4, -0.2) is 47.6 Å². The first-order valence-corrected chi connectivity index (χ1v) is 19.1. The number of carbonyl (C=O) groups is 2. The van der Waals surface area contributed by atoms with E-state index in [1.54, 1.807) is 6.08 Å². The van der Waals surface area contributed by atoms with Crippen molar-refractivity contribution in [1.82, 2.24) is 0 Å². The van der Waals surface area contributed by atoms with Crippen LogP contribution < -0.4 is 0 Å². The van der Waals surface area contributed by atoms with Crippen LogP contribution in [0.3, 0.4) is 0 Å². The van der Waals surface area contributed by atoms with Gasteiger partial charge in [-0.25, -0.2) is 0 Å². The lowest BCUT2D eigenvalue weighted by Gasteiger charge is -2.12. The van der Waals surface area contributed by atoms with Crippen molar-refractivity contribution in [3.05, 3.63) is 36.5 Å². The SMILES string of the molecule is CCCCCCCC/C=C/C/C=C/C=C/C(O)CCCC(=O)OC[C@@H](O)COC(=O)CCCCCCCCCCCCCCCC. The molecule has 2 atom stereocenters. The Morgan fingerprint density at radius 2 is 1.00 bits per heavy atom. The number of hydrogen-bond acceptors (Lipinski definition) is 6. The Balaban J connectivity index is 3.62. The average molecular weight is 649 g/mol. The summed E-state index contributed by atoms with van der Waals surface area (Å²) in [7, 11) is 0. The number of allylic oxidation sites excluding steroid dienone is 5. The molecule has 0 aromatic carbocycles. The van der Waals surface area contributed by atoms with Crippen molar-refractivity contribution in [3.63, 3.8) is 0 Å². The van der Waals surface area contributed by atoms with E-state index in [0.717, 1.165) is 32.1 Å². The number of aliphatic hydroxyl groups excluding tert-OH is 2. The number of rotatable bonds is 34. The summed E-state index contributed by atoms with van der Waals surface area (Å²) in [4.78, 5) is 23.9. The van der Waals surface area contributed by atoms with Crippen molar-refractivity contribution in [3.8, 4) is 0 Å². The molecule has 0 aliphatic carbocycles. The molecule has 0 aliphatic rings. The number of carbonyl (C=O) groups excluding carboxylic acids is 2. The zero-order valence-electron chi connectivity index (χ0n) is 29.9. The Bertz CT molecular complexity index is 759. The van der Waals surface area contributed by atoms with Gasteiger partial charge in [-0.3, -0.25) is 9.59 Å². The average Bonchev–Trinajstić information content (AvgIpc) is 3.05. The number of unbranched alkanes of at least 4 members (excludes halogenated alkanes) is 19. The van der Waals surface area contributed by atoms with Gasteiger partial charge >= 0.3 is 11.9 Å². The first kappa shape index (κ1) is 44.1. The third-order valence-electron chi connectivity index (χ3n) is 8.23. The fourth-order valence-electron chi connectivity index (χ4n) is 5.27. The molecule has 0 aliphatic heterocycles. The smallest absolute Gasteiger partial charge is 0.305 e. The molecule has 2 N–H and O–H groups in total. The minimum Gasteiger partial charge on any atom is -0.463 e. The molecule has 0 aromatic rings. The van der Waals surface area contributed by atoms with E-state index in [-0.39, 0.29) is 25.6 Å². The van der Waals surface area contributed by atoms with Gasteiger partial charge in [0.15, 0.2) is 0 Å². The van der Waals surface area contributed by atoms with E-state index in [0.29, 0.717) is 19.3 Å². The van der Waals surface area contributed by atoms with E-state index >= 15 is 0 Å². The molecule has 1 unspecified atom stereocenters. The predicted molar refractivity (Wildman–Crippen MR) is 193 cm³/mol. The van der Waals surface area contributed by atoms with Crippen LogP contribution in [0.1, 0.15) is 181 Å². The van der Waals surface area contributed by atoms with Crippen LogP contribution in [0.2, 0.25) is 0 Å². The molecule has 46 heavy (non-hydrogen) atoms. The molecule has 0 aromatic heterocycles. The van der Waals surface area contributed by atoms with Gasteiger partial charge in [-0.05, 0) is 38.5 Å². The highest BCUT2D eigenvalue weighted by Gasteiger charge is 2.12. The van der Waals surface area contributed by atoms with E-state index in [2.05, 4.69) is 32.1 Å². The van der Waals surface area contributed by atoms with Gasteiger partial charge in [0.2, 0.25) is 0 Å². The summed E-state index contributed by atoms with van der Waals surface area (Å²) >= 11 is 0. The summed E-state index contributed by atoms with van der Waals surface area (Å²) in [5.74, 6) is -0.752. The predicted octanol–water partition coefficient (Wildman–Crippen LogP) is 10.6. The van der Waals surface area contributed by atoms with Gasteiger partial charge in [-0.15, -0.1) is 0 Å². The lowest BCUT2D eigenvalue weighted by atomic mass is 10.0. The third kappa shape index (κ3) is 34.9. The van der Waals surface area contributed by atoms with Gasteiger partial charge in [0.25, 0.3) is 0 Å².